The summed E-state index contributed by atoms with van der Waals surface area (Å²) in [4.78, 5) is 2.54. The summed E-state index contributed by atoms with van der Waals surface area (Å²) in [7, 11) is 0. The van der Waals surface area contributed by atoms with E-state index in [4.69, 9.17) is 0 Å². The van der Waals surface area contributed by atoms with Gasteiger partial charge in [0.15, 0.2) is 0 Å². The first kappa shape index (κ1) is 43.4. The highest BCUT2D eigenvalue weighted by Crippen LogP contribution is 2.70. The van der Waals surface area contributed by atoms with Crippen molar-refractivity contribution in [2.75, 3.05) is 4.90 Å². The highest BCUT2D eigenvalue weighted by atomic mass is 15.1. The van der Waals surface area contributed by atoms with Crippen molar-refractivity contribution in [2.45, 2.75) is 116 Å². The summed E-state index contributed by atoms with van der Waals surface area (Å²) < 4.78 is 0. The third kappa shape index (κ3) is 4.96. The Morgan fingerprint density at radius 3 is 0.849 bits per heavy atom. The number of fused-ring (bicyclic) bond motifs is 24. The Morgan fingerprint density at radius 2 is 0.479 bits per heavy atom. The molecule has 0 bridgehead atoms. The Labute approximate surface area is 432 Å². The fraction of sp³-hybridized carbons (Fsp3) is 0.250. The maximum atomic E-state index is 2.56. The zero-order chi connectivity index (χ0) is 50.3. The van der Waals surface area contributed by atoms with Crippen LogP contribution in [0.1, 0.15) is 150 Å². The number of hydrogen-bond acceptors (Lipinski definition) is 1. The highest BCUT2D eigenvalue weighted by Gasteiger charge is 2.55. The minimum atomic E-state index is -0.278. The smallest absolute Gasteiger partial charge is 0.0465 e. The van der Waals surface area contributed by atoms with Gasteiger partial charge in [-0.1, -0.05) is 210 Å². The van der Waals surface area contributed by atoms with E-state index in [1.165, 1.54) is 145 Å². The Bertz CT molecular complexity index is 3770. The van der Waals surface area contributed by atoms with Gasteiger partial charge in [-0.2, -0.15) is 0 Å². The standard InChI is InChI=1S/C72H63N/c1-67(2)49-30-20-16-26-43(49)55-57-47-36-34-41(38-53(47)71(9,10)63(57)65-59(61(55)67)45-28-18-22-32-51(45)69(65,5)6)73(40-24-14-13-15-25-40)42-35-37-48-54(39-42)72(11,12)64-58(48)56-44-27-17-21-31-50(44)68(3,4)62(56)60-46-29-19-23-33-52(46)70(7,8)66(60)64/h13-39H,1-12H3. The van der Waals surface area contributed by atoms with Gasteiger partial charge in [0.05, 0.1) is 0 Å². The predicted octanol–water partition coefficient (Wildman–Crippen LogP) is 19.0. The molecule has 6 aliphatic rings. The largest absolute Gasteiger partial charge is 0.310 e. The SMILES string of the molecule is CC1(C)c2ccccc2-c2c3c(c4c(c21)-c1ccccc1C4(C)C)C(C)(C)c1cc(N(c2ccccc2)c2ccc4c(c2)C(C)(C)c2c-4c4c(c5c2C(C)(C)c2ccccc2-5)C(C)(C)c2ccccc2-4)ccc1-3. The minimum Gasteiger partial charge on any atom is -0.310 e. The van der Waals surface area contributed by atoms with Crippen LogP contribution in [-0.4, -0.2) is 0 Å². The monoisotopic (exact) mass is 941 g/mol. The zero-order valence-electron chi connectivity index (χ0n) is 44.5. The fourth-order valence-electron chi connectivity index (χ4n) is 16.5. The molecule has 0 saturated carbocycles. The molecule has 0 unspecified atom stereocenters. The molecule has 0 saturated heterocycles. The number of anilines is 3. The fourth-order valence-corrected chi connectivity index (χ4v) is 16.5. The van der Waals surface area contributed by atoms with Crippen LogP contribution in [0.15, 0.2) is 164 Å². The van der Waals surface area contributed by atoms with E-state index < -0.39 is 0 Å². The van der Waals surface area contributed by atoms with E-state index in [-0.39, 0.29) is 32.5 Å². The molecule has 0 heterocycles. The van der Waals surface area contributed by atoms with Gasteiger partial charge < -0.3 is 4.90 Å². The van der Waals surface area contributed by atoms with Crippen LogP contribution in [0.2, 0.25) is 0 Å². The van der Waals surface area contributed by atoms with Gasteiger partial charge in [0.1, 0.15) is 0 Å². The van der Waals surface area contributed by atoms with Crippen LogP contribution in [0.4, 0.5) is 17.1 Å². The van der Waals surface area contributed by atoms with Crippen LogP contribution in [0.25, 0.3) is 66.8 Å². The third-order valence-corrected chi connectivity index (χ3v) is 19.7. The van der Waals surface area contributed by atoms with Crippen LogP contribution in [0, 0.1) is 0 Å². The van der Waals surface area contributed by atoms with Crippen molar-refractivity contribution in [3.05, 3.63) is 231 Å². The molecule has 1 nitrogen and oxygen atoms in total. The van der Waals surface area contributed by atoms with E-state index in [0.29, 0.717) is 0 Å². The van der Waals surface area contributed by atoms with Gasteiger partial charge >= 0.3 is 0 Å². The van der Waals surface area contributed by atoms with E-state index >= 15 is 0 Å². The van der Waals surface area contributed by atoms with Crippen LogP contribution >= 0.6 is 0 Å². The number of benzene rings is 9. The summed E-state index contributed by atoms with van der Waals surface area (Å²) in [6, 6.07) is 63.2. The first-order valence-corrected chi connectivity index (χ1v) is 26.9. The average molecular weight is 942 g/mol. The molecule has 9 aromatic rings. The molecule has 0 aromatic heterocycles. The zero-order valence-corrected chi connectivity index (χ0v) is 44.5. The molecular weight excluding hydrogens is 879 g/mol. The van der Waals surface area contributed by atoms with Gasteiger partial charge in [-0.3, -0.25) is 0 Å². The second-order valence-electron chi connectivity index (χ2n) is 25.6. The Kier molecular flexibility index (Phi) is 8.01. The van der Waals surface area contributed by atoms with E-state index in [1.54, 1.807) is 0 Å². The molecule has 0 amide bonds. The van der Waals surface area contributed by atoms with Crippen LogP contribution < -0.4 is 4.90 Å². The van der Waals surface area contributed by atoms with Crippen molar-refractivity contribution >= 4 is 17.1 Å². The van der Waals surface area contributed by atoms with Crippen LogP contribution in [0.3, 0.4) is 0 Å². The molecule has 356 valence electrons. The number of rotatable bonds is 3. The van der Waals surface area contributed by atoms with E-state index in [1.807, 2.05) is 0 Å². The summed E-state index contributed by atoms with van der Waals surface area (Å²) >= 11 is 0. The average Bonchev–Trinajstić information content (AvgIpc) is 4.12. The lowest BCUT2D eigenvalue weighted by Crippen LogP contribution is -2.26. The van der Waals surface area contributed by atoms with E-state index in [2.05, 4.69) is 252 Å². The van der Waals surface area contributed by atoms with Gasteiger partial charge in [-0.05, 0) is 170 Å². The van der Waals surface area contributed by atoms with Crippen LogP contribution in [0.5, 0.6) is 0 Å². The molecule has 0 spiro atoms. The van der Waals surface area contributed by atoms with Crippen molar-refractivity contribution in [3.63, 3.8) is 0 Å². The van der Waals surface area contributed by atoms with Crippen molar-refractivity contribution in [3.8, 4) is 66.8 Å². The van der Waals surface area contributed by atoms with Crippen molar-refractivity contribution in [1.82, 2.24) is 0 Å². The highest BCUT2D eigenvalue weighted by molar-refractivity contribution is 6.08. The molecular formula is C72H63N. The maximum Gasteiger partial charge on any atom is 0.0465 e. The summed E-state index contributed by atoms with van der Waals surface area (Å²) in [5.74, 6) is 0. The van der Waals surface area contributed by atoms with Crippen LogP contribution in [-0.2, 0) is 32.5 Å². The molecule has 0 atom stereocenters. The van der Waals surface area contributed by atoms with E-state index in [0.717, 1.165) is 5.69 Å². The van der Waals surface area contributed by atoms with E-state index in [9.17, 15) is 0 Å². The quantitative estimate of drug-likeness (QED) is 0.171. The van der Waals surface area contributed by atoms with Gasteiger partial charge in [-0.25, -0.2) is 0 Å². The summed E-state index contributed by atoms with van der Waals surface area (Å²) in [5, 5.41) is 0. The number of nitrogens with zero attached hydrogens (tertiary/aromatic N) is 1. The molecule has 0 N–H and O–H groups in total. The Morgan fingerprint density at radius 1 is 0.219 bits per heavy atom. The Hall–Kier alpha value is -7.22. The lowest BCUT2D eigenvalue weighted by atomic mass is 9.69. The van der Waals surface area contributed by atoms with Crippen molar-refractivity contribution in [1.29, 1.82) is 0 Å². The second-order valence-corrected chi connectivity index (χ2v) is 25.6. The van der Waals surface area contributed by atoms with Gasteiger partial charge in [0, 0.05) is 49.6 Å². The molecule has 73 heavy (non-hydrogen) atoms. The number of hydrogen-bond donors (Lipinski definition) is 0. The maximum absolute atomic E-state index is 2.56. The summed E-state index contributed by atoms with van der Waals surface area (Å²) in [5.41, 5.74) is 36.9. The topological polar surface area (TPSA) is 3.24 Å². The van der Waals surface area contributed by atoms with Gasteiger partial charge in [0.2, 0.25) is 0 Å². The molecule has 15 rings (SSSR count). The predicted molar refractivity (Wildman–Crippen MR) is 307 cm³/mol. The number of para-hydroxylation sites is 1. The molecule has 0 aliphatic heterocycles. The summed E-state index contributed by atoms with van der Waals surface area (Å²) in [6.07, 6.45) is 0. The lowest BCUT2D eigenvalue weighted by molar-refractivity contribution is 0.598. The first-order chi connectivity index (χ1) is 34.8. The second kappa shape index (κ2) is 13.5. The summed E-state index contributed by atoms with van der Waals surface area (Å²) in [6.45, 7) is 29.9. The Balaban J connectivity index is 0.959. The van der Waals surface area contributed by atoms with Gasteiger partial charge in [0.25, 0.3) is 0 Å². The lowest BCUT2D eigenvalue weighted by Gasteiger charge is -2.34. The van der Waals surface area contributed by atoms with Crippen molar-refractivity contribution in [2.24, 2.45) is 0 Å². The van der Waals surface area contributed by atoms with Crippen molar-refractivity contribution < 1.29 is 0 Å². The van der Waals surface area contributed by atoms with Gasteiger partial charge in [-0.15, -0.1) is 0 Å². The first-order valence-electron chi connectivity index (χ1n) is 26.9. The normalized spacial score (nSPS) is 18.2. The molecule has 1 heteroatoms. The molecule has 0 radical (unpaired) electrons. The molecule has 9 aromatic carbocycles. The molecule has 0 fully saturated rings. The molecule has 6 aliphatic carbocycles. The minimum absolute atomic E-state index is 0.157. The third-order valence-electron chi connectivity index (χ3n) is 19.7.